The van der Waals surface area contributed by atoms with Gasteiger partial charge in [-0.2, -0.15) is 0 Å². The van der Waals surface area contributed by atoms with E-state index in [0.29, 0.717) is 18.0 Å². The van der Waals surface area contributed by atoms with Gasteiger partial charge in [-0.05, 0) is 37.6 Å². The first-order valence-corrected chi connectivity index (χ1v) is 7.04. The van der Waals surface area contributed by atoms with E-state index in [9.17, 15) is 8.42 Å². The van der Waals surface area contributed by atoms with Crippen molar-refractivity contribution in [3.63, 3.8) is 0 Å². The van der Waals surface area contributed by atoms with Crippen molar-refractivity contribution in [1.82, 2.24) is 0 Å². The summed E-state index contributed by atoms with van der Waals surface area (Å²) in [6, 6.07) is 5.02. The second kappa shape index (κ2) is 5.88. The van der Waals surface area contributed by atoms with Gasteiger partial charge in [-0.1, -0.05) is 0 Å². The largest absolute Gasteiger partial charge is 0.399 e. The molecule has 1 aromatic rings. The smallest absolute Gasteiger partial charge is 0.234 e. The molecule has 0 saturated heterocycles. The van der Waals surface area contributed by atoms with Gasteiger partial charge in [0.15, 0.2) is 0 Å². The summed E-state index contributed by atoms with van der Waals surface area (Å²) >= 11 is 0. The molecule has 17 heavy (non-hydrogen) atoms. The fourth-order valence-electron chi connectivity index (χ4n) is 1.28. The van der Waals surface area contributed by atoms with Crippen LogP contribution in [0, 0.1) is 6.92 Å². The molecule has 0 bridgehead atoms. The number of ether oxygens (including phenoxy) is 1. The van der Waals surface area contributed by atoms with Crippen LogP contribution in [0.15, 0.2) is 18.2 Å². The van der Waals surface area contributed by atoms with Gasteiger partial charge in [-0.3, -0.25) is 4.72 Å². The van der Waals surface area contributed by atoms with Crippen molar-refractivity contribution in [3.8, 4) is 0 Å². The second-order valence-electron chi connectivity index (χ2n) is 3.69. The van der Waals surface area contributed by atoms with Gasteiger partial charge in [0.2, 0.25) is 10.0 Å². The van der Waals surface area contributed by atoms with Crippen LogP contribution >= 0.6 is 0 Å². The van der Waals surface area contributed by atoms with Crippen molar-refractivity contribution in [2.75, 3.05) is 29.4 Å². The Kier molecular flexibility index (Phi) is 4.77. The zero-order chi connectivity index (χ0) is 12.9. The molecule has 0 atom stereocenters. The van der Waals surface area contributed by atoms with Crippen molar-refractivity contribution in [3.05, 3.63) is 23.8 Å². The highest BCUT2D eigenvalue weighted by molar-refractivity contribution is 7.92. The monoisotopic (exact) mass is 258 g/mol. The third-order valence-electron chi connectivity index (χ3n) is 2.24. The number of nitrogens with one attached hydrogen (secondary N) is 1. The molecular formula is C11H18N2O3S. The molecule has 3 N–H and O–H groups in total. The molecule has 1 aromatic carbocycles. The van der Waals surface area contributed by atoms with Crippen molar-refractivity contribution >= 4 is 21.4 Å². The second-order valence-corrected chi connectivity index (χ2v) is 5.53. The van der Waals surface area contributed by atoms with Crippen LogP contribution in [-0.2, 0) is 14.8 Å². The maximum absolute atomic E-state index is 11.6. The quantitative estimate of drug-likeness (QED) is 0.596. The SMILES string of the molecule is CCOCCS(=O)(=O)Nc1ccc(N)c(C)c1. The number of sulfonamides is 1. The van der Waals surface area contributed by atoms with Crippen LogP contribution in [-0.4, -0.2) is 27.4 Å². The number of nitrogen functional groups attached to an aromatic ring is 1. The average Bonchev–Trinajstić information content (AvgIpc) is 2.23. The lowest BCUT2D eigenvalue weighted by Crippen LogP contribution is -2.20. The summed E-state index contributed by atoms with van der Waals surface area (Å²) in [4.78, 5) is 0. The lowest BCUT2D eigenvalue weighted by molar-refractivity contribution is 0.163. The van der Waals surface area contributed by atoms with Crippen molar-refractivity contribution in [2.45, 2.75) is 13.8 Å². The molecule has 0 saturated carbocycles. The Morgan fingerprint density at radius 3 is 2.71 bits per heavy atom. The number of aryl methyl sites for hydroxylation is 1. The molecule has 1 rings (SSSR count). The zero-order valence-electron chi connectivity index (χ0n) is 10.1. The first-order valence-electron chi connectivity index (χ1n) is 5.39. The predicted octanol–water partition coefficient (Wildman–Crippen LogP) is 1.36. The molecule has 0 aliphatic rings. The molecule has 0 aliphatic heterocycles. The minimum atomic E-state index is -3.35. The predicted molar refractivity (Wildman–Crippen MR) is 69.5 cm³/mol. The van der Waals surface area contributed by atoms with Gasteiger partial charge in [0.05, 0.1) is 12.4 Å². The first kappa shape index (κ1) is 13.8. The van der Waals surface area contributed by atoms with E-state index in [0.717, 1.165) is 5.56 Å². The Balaban J connectivity index is 2.66. The first-order chi connectivity index (χ1) is 7.94. The topological polar surface area (TPSA) is 81.4 Å². The number of anilines is 2. The van der Waals surface area contributed by atoms with Crippen molar-refractivity contribution in [1.29, 1.82) is 0 Å². The lowest BCUT2D eigenvalue weighted by Gasteiger charge is -2.09. The van der Waals surface area contributed by atoms with E-state index >= 15 is 0 Å². The minimum Gasteiger partial charge on any atom is -0.399 e. The third-order valence-corrected chi connectivity index (χ3v) is 3.49. The molecule has 0 radical (unpaired) electrons. The molecule has 0 aromatic heterocycles. The molecule has 6 heteroatoms. The highest BCUT2D eigenvalue weighted by atomic mass is 32.2. The van der Waals surface area contributed by atoms with Gasteiger partial charge in [-0.25, -0.2) is 8.42 Å². The molecule has 0 heterocycles. The Labute approximate surface area is 102 Å². The minimum absolute atomic E-state index is 0.0513. The van der Waals surface area contributed by atoms with Crippen LogP contribution in [0.2, 0.25) is 0 Å². The van der Waals surface area contributed by atoms with E-state index < -0.39 is 10.0 Å². The average molecular weight is 258 g/mol. The number of benzene rings is 1. The van der Waals surface area contributed by atoms with Gasteiger partial charge in [0, 0.05) is 18.0 Å². The Hall–Kier alpha value is -1.27. The van der Waals surface area contributed by atoms with Crippen LogP contribution in [0.5, 0.6) is 0 Å². The maximum Gasteiger partial charge on any atom is 0.234 e. The van der Waals surface area contributed by atoms with E-state index in [4.69, 9.17) is 10.5 Å². The van der Waals surface area contributed by atoms with E-state index in [-0.39, 0.29) is 12.4 Å². The molecule has 0 aliphatic carbocycles. The number of hydrogen-bond donors (Lipinski definition) is 2. The number of hydrogen-bond acceptors (Lipinski definition) is 4. The summed E-state index contributed by atoms with van der Waals surface area (Å²) in [6.07, 6.45) is 0. The fourth-order valence-corrected chi connectivity index (χ4v) is 2.21. The molecule has 0 spiro atoms. The van der Waals surface area contributed by atoms with E-state index in [1.807, 2.05) is 13.8 Å². The van der Waals surface area contributed by atoms with Crippen LogP contribution in [0.1, 0.15) is 12.5 Å². The van der Waals surface area contributed by atoms with Gasteiger partial charge in [0.1, 0.15) is 0 Å². The Morgan fingerprint density at radius 2 is 2.12 bits per heavy atom. The zero-order valence-corrected chi connectivity index (χ0v) is 10.9. The van der Waals surface area contributed by atoms with Gasteiger partial charge < -0.3 is 10.5 Å². The number of nitrogens with two attached hydrogens (primary N) is 1. The van der Waals surface area contributed by atoms with Gasteiger partial charge in [-0.15, -0.1) is 0 Å². The van der Waals surface area contributed by atoms with E-state index in [1.54, 1.807) is 18.2 Å². The van der Waals surface area contributed by atoms with Crippen LogP contribution in [0.4, 0.5) is 11.4 Å². The normalized spacial score (nSPS) is 11.4. The van der Waals surface area contributed by atoms with Crippen molar-refractivity contribution < 1.29 is 13.2 Å². The number of rotatable bonds is 6. The van der Waals surface area contributed by atoms with Crippen LogP contribution in [0.3, 0.4) is 0 Å². The van der Waals surface area contributed by atoms with E-state index in [1.165, 1.54) is 0 Å². The third kappa shape index (κ3) is 4.62. The summed E-state index contributed by atoms with van der Waals surface area (Å²) in [5.74, 6) is -0.0513. The van der Waals surface area contributed by atoms with Crippen LogP contribution in [0.25, 0.3) is 0 Å². The summed E-state index contributed by atoms with van der Waals surface area (Å²) in [7, 11) is -3.35. The summed E-state index contributed by atoms with van der Waals surface area (Å²) in [6.45, 7) is 4.35. The van der Waals surface area contributed by atoms with Gasteiger partial charge >= 0.3 is 0 Å². The van der Waals surface area contributed by atoms with E-state index in [2.05, 4.69) is 4.72 Å². The van der Waals surface area contributed by atoms with Crippen molar-refractivity contribution in [2.24, 2.45) is 0 Å². The molecular weight excluding hydrogens is 240 g/mol. The summed E-state index contributed by atoms with van der Waals surface area (Å²) < 4.78 is 30.8. The maximum atomic E-state index is 11.6. The lowest BCUT2D eigenvalue weighted by atomic mass is 10.2. The molecule has 0 unspecified atom stereocenters. The highest BCUT2D eigenvalue weighted by Gasteiger charge is 2.10. The Bertz CT molecular complexity index is 472. The molecule has 5 nitrogen and oxygen atoms in total. The molecule has 0 amide bonds. The Morgan fingerprint density at radius 1 is 1.41 bits per heavy atom. The highest BCUT2D eigenvalue weighted by Crippen LogP contribution is 2.17. The summed E-state index contributed by atoms with van der Waals surface area (Å²) in [5.41, 5.74) is 7.66. The summed E-state index contributed by atoms with van der Waals surface area (Å²) in [5, 5.41) is 0. The fraction of sp³-hybridized carbons (Fsp3) is 0.455. The molecule has 96 valence electrons. The van der Waals surface area contributed by atoms with Crippen LogP contribution < -0.4 is 10.5 Å². The van der Waals surface area contributed by atoms with Gasteiger partial charge in [0.25, 0.3) is 0 Å². The standard InChI is InChI=1S/C11H18N2O3S/c1-3-16-6-7-17(14,15)13-10-4-5-11(12)9(2)8-10/h4-5,8,13H,3,6-7,12H2,1-2H3. The molecule has 0 fully saturated rings.